The number of nitrogens with zero attached hydrogens (tertiary/aromatic N) is 2. The van der Waals surface area contributed by atoms with Gasteiger partial charge in [-0.2, -0.15) is 0 Å². The number of carbonyl (C=O) groups excluding carboxylic acids is 2. The van der Waals surface area contributed by atoms with E-state index in [-0.39, 0.29) is 17.9 Å². The molecule has 2 amide bonds. The molecule has 0 saturated heterocycles. The van der Waals surface area contributed by atoms with Gasteiger partial charge in [0.2, 0.25) is 0 Å². The third-order valence-corrected chi connectivity index (χ3v) is 7.23. The molecule has 2 heterocycles. The summed E-state index contributed by atoms with van der Waals surface area (Å²) in [6.45, 7) is 1.30. The Bertz CT molecular complexity index is 1090. The van der Waals surface area contributed by atoms with Gasteiger partial charge in [0.1, 0.15) is 5.70 Å². The van der Waals surface area contributed by atoms with Crippen molar-refractivity contribution in [2.24, 2.45) is 0 Å². The molecule has 0 unspecified atom stereocenters. The molecular weight excluding hydrogens is 431 g/mol. The molecule has 0 spiro atoms. The lowest BCUT2D eigenvalue weighted by Crippen LogP contribution is -2.44. The van der Waals surface area contributed by atoms with E-state index in [1.807, 2.05) is 12.1 Å². The fourth-order valence-corrected chi connectivity index (χ4v) is 5.62. The Morgan fingerprint density at radius 2 is 1.61 bits per heavy atom. The minimum atomic E-state index is -0.227. The zero-order valence-electron chi connectivity index (χ0n) is 17.2. The Hall–Kier alpha value is -2.30. The highest BCUT2D eigenvalue weighted by atomic mass is 35.5. The standard InChI is InChI=1S/C25H24Cl2N2O2/c26-18-10-11-20(21(27)14-18)22-23(28-13-12-16-6-4-5-7-17(16)15-28)25(31)29(24(22)30)19-8-2-1-3-9-19/h4-7,10-11,14,19H,1-3,8-9,12-13,15H2. The van der Waals surface area contributed by atoms with Crippen LogP contribution >= 0.6 is 23.2 Å². The SMILES string of the molecule is O=C1C(c2ccc(Cl)cc2Cl)=C(N2CCc3ccccc3C2)C(=O)N1C1CCCCC1. The number of hydrogen-bond acceptors (Lipinski definition) is 3. The first-order valence-corrected chi connectivity index (χ1v) is 11.7. The van der Waals surface area contributed by atoms with Crippen molar-refractivity contribution < 1.29 is 9.59 Å². The van der Waals surface area contributed by atoms with Crippen LogP contribution in [-0.4, -0.2) is 34.2 Å². The average molecular weight is 455 g/mol. The summed E-state index contributed by atoms with van der Waals surface area (Å²) in [5.41, 5.74) is 3.97. The third kappa shape index (κ3) is 3.66. The Kier molecular flexibility index (Phi) is 5.53. The van der Waals surface area contributed by atoms with E-state index in [9.17, 15) is 9.59 Å². The van der Waals surface area contributed by atoms with Gasteiger partial charge in [-0.1, -0.05) is 72.8 Å². The second-order valence-corrected chi connectivity index (χ2v) is 9.40. The van der Waals surface area contributed by atoms with Crippen LogP contribution in [0.15, 0.2) is 48.2 Å². The van der Waals surface area contributed by atoms with Crippen LogP contribution in [-0.2, 0) is 22.6 Å². The number of benzene rings is 2. The van der Waals surface area contributed by atoms with Gasteiger partial charge in [0.05, 0.1) is 10.6 Å². The van der Waals surface area contributed by atoms with Crippen LogP contribution in [0.25, 0.3) is 5.57 Å². The molecule has 2 aliphatic heterocycles. The predicted molar refractivity (Wildman–Crippen MR) is 123 cm³/mol. The minimum Gasteiger partial charge on any atom is -0.362 e. The van der Waals surface area contributed by atoms with Crippen LogP contribution < -0.4 is 0 Å². The summed E-state index contributed by atoms with van der Waals surface area (Å²) in [5, 5.41) is 0.896. The van der Waals surface area contributed by atoms with E-state index in [0.717, 1.165) is 38.5 Å². The average Bonchev–Trinajstić information content (AvgIpc) is 3.04. The van der Waals surface area contributed by atoms with Crippen LogP contribution in [0, 0.1) is 0 Å². The quantitative estimate of drug-likeness (QED) is 0.577. The van der Waals surface area contributed by atoms with E-state index in [2.05, 4.69) is 17.0 Å². The van der Waals surface area contributed by atoms with Crippen LogP contribution in [0.4, 0.5) is 0 Å². The Balaban J connectivity index is 1.60. The molecule has 3 aliphatic rings. The highest BCUT2D eigenvalue weighted by Crippen LogP contribution is 2.40. The third-order valence-electron chi connectivity index (χ3n) is 6.68. The molecule has 6 heteroatoms. The Morgan fingerprint density at radius 1 is 0.871 bits per heavy atom. The molecule has 0 aromatic heterocycles. The molecular formula is C25H24Cl2N2O2. The predicted octanol–water partition coefficient (Wildman–Crippen LogP) is 5.46. The summed E-state index contributed by atoms with van der Waals surface area (Å²) in [5.74, 6) is -0.410. The van der Waals surface area contributed by atoms with Crippen molar-refractivity contribution in [1.82, 2.24) is 9.80 Å². The second-order valence-electron chi connectivity index (χ2n) is 8.56. The molecule has 160 valence electrons. The Morgan fingerprint density at radius 3 is 2.35 bits per heavy atom. The second kappa shape index (κ2) is 8.33. The number of rotatable bonds is 3. The number of imide groups is 1. The summed E-state index contributed by atoms with van der Waals surface area (Å²) in [6, 6.07) is 13.4. The highest BCUT2D eigenvalue weighted by molar-refractivity contribution is 6.41. The monoisotopic (exact) mass is 454 g/mol. The van der Waals surface area contributed by atoms with Crippen molar-refractivity contribution in [3.63, 3.8) is 0 Å². The maximum Gasteiger partial charge on any atom is 0.278 e. The molecule has 0 radical (unpaired) electrons. The van der Waals surface area contributed by atoms with Gasteiger partial charge in [0.15, 0.2) is 0 Å². The molecule has 1 saturated carbocycles. The van der Waals surface area contributed by atoms with Gasteiger partial charge >= 0.3 is 0 Å². The molecule has 0 bridgehead atoms. The number of fused-ring (bicyclic) bond motifs is 1. The number of carbonyl (C=O) groups is 2. The summed E-state index contributed by atoms with van der Waals surface area (Å²) in [7, 11) is 0. The molecule has 1 aliphatic carbocycles. The summed E-state index contributed by atoms with van der Waals surface area (Å²) >= 11 is 12.6. The maximum absolute atomic E-state index is 13.7. The van der Waals surface area contributed by atoms with E-state index >= 15 is 0 Å². The van der Waals surface area contributed by atoms with Gasteiger partial charge in [-0.25, -0.2) is 0 Å². The lowest BCUT2D eigenvalue weighted by atomic mass is 9.94. The molecule has 2 aromatic rings. The van der Waals surface area contributed by atoms with E-state index in [1.54, 1.807) is 18.2 Å². The Labute approximate surface area is 192 Å². The van der Waals surface area contributed by atoms with Crippen LogP contribution in [0.5, 0.6) is 0 Å². The summed E-state index contributed by atoms with van der Waals surface area (Å²) < 4.78 is 0. The number of amides is 2. The fraction of sp³-hybridized carbons (Fsp3) is 0.360. The molecule has 1 fully saturated rings. The van der Waals surface area contributed by atoms with Crippen molar-refractivity contribution in [3.8, 4) is 0 Å². The van der Waals surface area contributed by atoms with Crippen molar-refractivity contribution in [2.75, 3.05) is 6.54 Å². The maximum atomic E-state index is 13.7. The highest BCUT2D eigenvalue weighted by Gasteiger charge is 2.45. The molecule has 4 nitrogen and oxygen atoms in total. The first kappa shape index (κ1) is 20.6. The van der Waals surface area contributed by atoms with Crippen LogP contribution in [0.1, 0.15) is 48.8 Å². The normalized spacial score (nSPS) is 19.9. The largest absolute Gasteiger partial charge is 0.362 e. The fourth-order valence-electron chi connectivity index (χ4n) is 5.12. The van der Waals surface area contributed by atoms with Gasteiger partial charge in [-0.05, 0) is 42.5 Å². The first-order valence-electron chi connectivity index (χ1n) is 10.9. The first-order chi connectivity index (χ1) is 15.0. The van der Waals surface area contributed by atoms with Gasteiger partial charge in [-0.15, -0.1) is 0 Å². The van der Waals surface area contributed by atoms with Gasteiger partial charge in [0, 0.05) is 29.7 Å². The zero-order chi connectivity index (χ0) is 21.5. The summed E-state index contributed by atoms with van der Waals surface area (Å²) in [4.78, 5) is 31.0. The molecule has 5 rings (SSSR count). The molecule has 0 atom stereocenters. The van der Waals surface area contributed by atoms with Crippen molar-refractivity contribution in [1.29, 1.82) is 0 Å². The number of hydrogen-bond donors (Lipinski definition) is 0. The molecule has 2 aromatic carbocycles. The van der Waals surface area contributed by atoms with E-state index in [4.69, 9.17) is 23.2 Å². The molecule has 0 N–H and O–H groups in total. The number of halogens is 2. The molecule has 31 heavy (non-hydrogen) atoms. The summed E-state index contributed by atoms with van der Waals surface area (Å²) in [6.07, 6.45) is 5.83. The van der Waals surface area contributed by atoms with Crippen LogP contribution in [0.3, 0.4) is 0 Å². The van der Waals surface area contributed by atoms with Crippen molar-refractivity contribution in [3.05, 3.63) is 74.9 Å². The van der Waals surface area contributed by atoms with Crippen LogP contribution in [0.2, 0.25) is 10.0 Å². The lowest BCUT2D eigenvalue weighted by Gasteiger charge is -2.33. The van der Waals surface area contributed by atoms with E-state index in [1.165, 1.54) is 16.0 Å². The smallest absolute Gasteiger partial charge is 0.278 e. The van der Waals surface area contributed by atoms with Crippen molar-refractivity contribution in [2.45, 2.75) is 51.1 Å². The minimum absolute atomic E-state index is 0.0376. The lowest BCUT2D eigenvalue weighted by molar-refractivity contribution is -0.141. The van der Waals surface area contributed by atoms with Gasteiger partial charge in [-0.3, -0.25) is 14.5 Å². The topological polar surface area (TPSA) is 40.6 Å². The van der Waals surface area contributed by atoms with Gasteiger partial charge < -0.3 is 4.90 Å². The van der Waals surface area contributed by atoms with Crippen molar-refractivity contribution >= 4 is 40.6 Å². The van der Waals surface area contributed by atoms with E-state index < -0.39 is 0 Å². The zero-order valence-corrected chi connectivity index (χ0v) is 18.8. The van der Waals surface area contributed by atoms with Gasteiger partial charge in [0.25, 0.3) is 11.8 Å². The van der Waals surface area contributed by atoms with E-state index in [0.29, 0.717) is 40.0 Å².